The van der Waals surface area contributed by atoms with Gasteiger partial charge in [-0.1, -0.05) is 6.42 Å². The fraction of sp³-hybridized carbons (Fsp3) is 0.722. The molecular weight excluding hydrogens is 304 g/mol. The van der Waals surface area contributed by atoms with Crippen molar-refractivity contribution >= 4 is 5.91 Å². The van der Waals surface area contributed by atoms with Gasteiger partial charge in [0.1, 0.15) is 0 Å². The van der Waals surface area contributed by atoms with E-state index >= 15 is 0 Å². The summed E-state index contributed by atoms with van der Waals surface area (Å²) in [7, 11) is 0. The molecule has 1 atom stereocenters. The molecule has 0 aromatic carbocycles. The molecule has 3 rings (SSSR count). The first-order chi connectivity index (χ1) is 11.6. The molecule has 1 amide bonds. The van der Waals surface area contributed by atoms with E-state index < -0.39 is 0 Å². The Morgan fingerprint density at radius 2 is 1.96 bits per heavy atom. The number of aryl methyl sites for hydroxylation is 1. The molecule has 0 radical (unpaired) electrons. The third-order valence-electron chi connectivity index (χ3n) is 5.28. The van der Waals surface area contributed by atoms with E-state index in [1.54, 1.807) is 17.1 Å². The van der Waals surface area contributed by atoms with Gasteiger partial charge < -0.3 is 10.2 Å². The Morgan fingerprint density at radius 1 is 1.17 bits per heavy atom. The second-order valence-corrected chi connectivity index (χ2v) is 7.29. The Kier molecular flexibility index (Phi) is 5.66. The van der Waals surface area contributed by atoms with Crippen molar-refractivity contribution in [3.05, 3.63) is 28.4 Å². The molecule has 0 aliphatic carbocycles. The van der Waals surface area contributed by atoms with Crippen molar-refractivity contribution in [2.45, 2.75) is 58.0 Å². The molecule has 0 spiro atoms. The van der Waals surface area contributed by atoms with E-state index in [-0.39, 0.29) is 11.5 Å². The SMILES string of the molecule is Cc1cncn(CC2CCN(CC3CCCCC(=O)N3)CC2)c1=O. The average molecular weight is 332 g/mol. The van der Waals surface area contributed by atoms with Crippen LogP contribution in [0.4, 0.5) is 0 Å². The monoisotopic (exact) mass is 332 g/mol. The topological polar surface area (TPSA) is 67.2 Å². The van der Waals surface area contributed by atoms with Gasteiger partial charge in [0.25, 0.3) is 5.56 Å². The number of piperidine rings is 1. The third-order valence-corrected chi connectivity index (χ3v) is 5.28. The van der Waals surface area contributed by atoms with Crippen molar-refractivity contribution in [3.8, 4) is 0 Å². The van der Waals surface area contributed by atoms with Crippen molar-refractivity contribution in [3.63, 3.8) is 0 Å². The molecule has 1 N–H and O–H groups in total. The summed E-state index contributed by atoms with van der Waals surface area (Å²) in [5.41, 5.74) is 0.785. The average Bonchev–Trinajstić information content (AvgIpc) is 2.77. The van der Waals surface area contributed by atoms with Gasteiger partial charge in [-0.2, -0.15) is 0 Å². The fourth-order valence-corrected chi connectivity index (χ4v) is 3.82. The molecule has 3 heterocycles. The van der Waals surface area contributed by atoms with E-state index in [4.69, 9.17) is 0 Å². The molecule has 0 bridgehead atoms. The molecule has 2 aliphatic rings. The number of likely N-dealkylation sites (tertiary alicyclic amines) is 1. The Hall–Kier alpha value is -1.69. The number of carbonyl (C=O) groups excluding carboxylic acids is 1. The van der Waals surface area contributed by atoms with Crippen molar-refractivity contribution in [1.29, 1.82) is 0 Å². The summed E-state index contributed by atoms with van der Waals surface area (Å²) in [6.45, 7) is 5.64. The summed E-state index contributed by atoms with van der Waals surface area (Å²) in [4.78, 5) is 30.4. The normalized spacial score (nSPS) is 23.7. The third kappa shape index (κ3) is 4.44. The maximum atomic E-state index is 12.1. The predicted molar refractivity (Wildman–Crippen MR) is 92.8 cm³/mol. The largest absolute Gasteiger partial charge is 0.352 e. The number of hydrogen-bond donors (Lipinski definition) is 1. The van der Waals surface area contributed by atoms with Gasteiger partial charge in [0, 0.05) is 37.3 Å². The summed E-state index contributed by atoms with van der Waals surface area (Å²) in [6, 6.07) is 0.306. The molecule has 132 valence electrons. The highest BCUT2D eigenvalue weighted by Crippen LogP contribution is 2.20. The maximum Gasteiger partial charge on any atom is 0.256 e. The van der Waals surface area contributed by atoms with Gasteiger partial charge in [-0.05, 0) is 51.6 Å². The number of rotatable bonds is 4. The van der Waals surface area contributed by atoms with Gasteiger partial charge >= 0.3 is 0 Å². The van der Waals surface area contributed by atoms with Crippen molar-refractivity contribution in [2.24, 2.45) is 5.92 Å². The number of nitrogens with zero attached hydrogens (tertiary/aromatic N) is 3. The van der Waals surface area contributed by atoms with Crippen LogP contribution in [0.1, 0.15) is 44.1 Å². The van der Waals surface area contributed by atoms with E-state index in [1.165, 1.54) is 0 Å². The molecular formula is C18H28N4O2. The van der Waals surface area contributed by atoms with E-state index in [2.05, 4.69) is 15.2 Å². The van der Waals surface area contributed by atoms with E-state index in [0.29, 0.717) is 23.9 Å². The van der Waals surface area contributed by atoms with Crippen LogP contribution in [0, 0.1) is 12.8 Å². The van der Waals surface area contributed by atoms with Crippen molar-refractivity contribution in [2.75, 3.05) is 19.6 Å². The standard InChI is InChI=1S/C18H28N4O2/c1-14-10-19-13-22(18(14)24)11-15-6-8-21(9-7-15)12-16-4-2-3-5-17(23)20-16/h10,13,15-16H,2-9,11-12H2,1H3,(H,20,23). The summed E-state index contributed by atoms with van der Waals surface area (Å²) in [5.74, 6) is 0.741. The second-order valence-electron chi connectivity index (χ2n) is 7.29. The smallest absolute Gasteiger partial charge is 0.256 e. The van der Waals surface area contributed by atoms with Crippen molar-refractivity contribution in [1.82, 2.24) is 19.8 Å². The second kappa shape index (κ2) is 7.92. The Bertz CT molecular complexity index is 620. The van der Waals surface area contributed by atoms with Gasteiger partial charge in [-0.3, -0.25) is 14.2 Å². The summed E-state index contributed by atoms with van der Waals surface area (Å²) in [5, 5.41) is 3.16. The summed E-state index contributed by atoms with van der Waals surface area (Å²) < 4.78 is 1.75. The summed E-state index contributed by atoms with van der Waals surface area (Å²) in [6.07, 6.45) is 9.41. The lowest BCUT2D eigenvalue weighted by molar-refractivity contribution is -0.121. The highest BCUT2D eigenvalue weighted by Gasteiger charge is 2.24. The lowest BCUT2D eigenvalue weighted by Crippen LogP contribution is -2.45. The van der Waals surface area contributed by atoms with Crippen LogP contribution in [-0.4, -0.2) is 46.0 Å². The van der Waals surface area contributed by atoms with E-state index in [0.717, 1.165) is 58.3 Å². The molecule has 2 fully saturated rings. The van der Waals surface area contributed by atoms with Crippen LogP contribution in [0.5, 0.6) is 0 Å². The molecule has 6 heteroatoms. The quantitative estimate of drug-likeness (QED) is 0.903. The van der Waals surface area contributed by atoms with Gasteiger partial charge in [-0.25, -0.2) is 4.98 Å². The van der Waals surface area contributed by atoms with Gasteiger partial charge in [0.2, 0.25) is 5.91 Å². The lowest BCUT2D eigenvalue weighted by atomic mass is 9.96. The highest BCUT2D eigenvalue weighted by molar-refractivity contribution is 5.76. The van der Waals surface area contributed by atoms with Gasteiger partial charge in [0.05, 0.1) is 6.33 Å². The first-order valence-electron chi connectivity index (χ1n) is 9.14. The molecule has 1 unspecified atom stereocenters. The van der Waals surface area contributed by atoms with Crippen LogP contribution in [-0.2, 0) is 11.3 Å². The minimum absolute atomic E-state index is 0.0774. The van der Waals surface area contributed by atoms with Crippen molar-refractivity contribution < 1.29 is 4.79 Å². The zero-order valence-corrected chi connectivity index (χ0v) is 14.5. The van der Waals surface area contributed by atoms with Gasteiger partial charge in [0.15, 0.2) is 0 Å². The first kappa shape index (κ1) is 17.1. The zero-order chi connectivity index (χ0) is 16.9. The minimum Gasteiger partial charge on any atom is -0.352 e. The van der Waals surface area contributed by atoms with Crippen LogP contribution in [0.2, 0.25) is 0 Å². The minimum atomic E-state index is 0.0774. The Labute approximate surface area is 143 Å². The zero-order valence-electron chi connectivity index (χ0n) is 14.5. The number of hydrogen-bond acceptors (Lipinski definition) is 4. The van der Waals surface area contributed by atoms with Crippen LogP contribution >= 0.6 is 0 Å². The molecule has 6 nitrogen and oxygen atoms in total. The molecule has 24 heavy (non-hydrogen) atoms. The molecule has 1 aromatic heterocycles. The first-order valence-corrected chi connectivity index (χ1v) is 9.14. The maximum absolute atomic E-state index is 12.1. The molecule has 0 saturated carbocycles. The Balaban J connectivity index is 1.48. The number of nitrogens with one attached hydrogen (secondary N) is 1. The highest BCUT2D eigenvalue weighted by atomic mass is 16.1. The van der Waals surface area contributed by atoms with E-state index in [9.17, 15) is 9.59 Å². The molecule has 2 aliphatic heterocycles. The van der Waals surface area contributed by atoms with Crippen LogP contribution < -0.4 is 10.9 Å². The number of aromatic nitrogens is 2. The lowest BCUT2D eigenvalue weighted by Gasteiger charge is -2.34. The molecule has 2 saturated heterocycles. The number of carbonyl (C=O) groups is 1. The predicted octanol–water partition coefficient (Wildman–Crippen LogP) is 1.32. The van der Waals surface area contributed by atoms with Crippen LogP contribution in [0.3, 0.4) is 0 Å². The summed E-state index contributed by atoms with van der Waals surface area (Å²) >= 11 is 0. The van der Waals surface area contributed by atoms with E-state index in [1.807, 2.05) is 6.92 Å². The van der Waals surface area contributed by atoms with Crippen LogP contribution in [0.25, 0.3) is 0 Å². The molecule has 1 aromatic rings. The van der Waals surface area contributed by atoms with Gasteiger partial charge in [-0.15, -0.1) is 0 Å². The number of amides is 1. The Morgan fingerprint density at radius 3 is 2.75 bits per heavy atom. The van der Waals surface area contributed by atoms with Crippen LogP contribution in [0.15, 0.2) is 17.3 Å². The fourth-order valence-electron chi connectivity index (χ4n) is 3.82.